The number of amides is 1. The highest BCUT2D eigenvalue weighted by molar-refractivity contribution is 5.78. The van der Waals surface area contributed by atoms with Gasteiger partial charge in [0.1, 0.15) is 5.76 Å². The monoisotopic (exact) mass is 279 g/mol. The number of carbonyl (C=O) groups is 1. The van der Waals surface area contributed by atoms with Gasteiger partial charge in [0.05, 0.1) is 12.8 Å². The second-order valence-corrected chi connectivity index (χ2v) is 5.58. The molecular formula is C15H25N3O2. The first-order valence-corrected chi connectivity index (χ1v) is 7.37. The van der Waals surface area contributed by atoms with Gasteiger partial charge in [-0.15, -0.1) is 0 Å². The Morgan fingerprint density at radius 3 is 2.80 bits per heavy atom. The molecule has 1 aliphatic rings. The molecule has 1 aromatic rings. The largest absolute Gasteiger partial charge is 0.469 e. The van der Waals surface area contributed by atoms with E-state index in [1.807, 2.05) is 17.0 Å². The third kappa shape index (κ3) is 4.65. The molecule has 0 spiro atoms. The fourth-order valence-electron chi connectivity index (χ4n) is 2.34. The predicted molar refractivity (Wildman–Crippen MR) is 78.6 cm³/mol. The number of hydrogen-bond acceptors (Lipinski definition) is 4. The number of nitrogens with zero attached hydrogens (tertiary/aromatic N) is 2. The van der Waals surface area contributed by atoms with Crippen LogP contribution in [-0.4, -0.2) is 61.5 Å². The number of hydrogen-bond donors (Lipinski definition) is 1. The summed E-state index contributed by atoms with van der Waals surface area (Å²) in [5, 5.41) is 3.31. The third-order valence-electron chi connectivity index (χ3n) is 3.86. The number of aryl methyl sites for hydroxylation is 1. The van der Waals surface area contributed by atoms with Crippen molar-refractivity contribution in [3.63, 3.8) is 0 Å². The molecule has 20 heavy (non-hydrogen) atoms. The Morgan fingerprint density at radius 2 is 2.15 bits per heavy atom. The van der Waals surface area contributed by atoms with Crippen LogP contribution in [0.1, 0.15) is 19.1 Å². The Kier molecular flexibility index (Phi) is 5.61. The maximum atomic E-state index is 12.1. The molecule has 0 saturated carbocycles. The minimum absolute atomic E-state index is 0.211. The van der Waals surface area contributed by atoms with Crippen LogP contribution in [0.25, 0.3) is 0 Å². The van der Waals surface area contributed by atoms with Crippen LogP contribution < -0.4 is 5.32 Å². The molecule has 2 heterocycles. The average molecular weight is 279 g/mol. The van der Waals surface area contributed by atoms with E-state index in [9.17, 15) is 4.79 Å². The molecule has 1 aromatic heterocycles. The summed E-state index contributed by atoms with van der Waals surface area (Å²) in [6.07, 6.45) is 3.58. The van der Waals surface area contributed by atoms with Crippen LogP contribution >= 0.6 is 0 Å². The zero-order valence-electron chi connectivity index (χ0n) is 12.5. The molecule has 1 saturated heterocycles. The smallest absolute Gasteiger partial charge is 0.236 e. The van der Waals surface area contributed by atoms with E-state index in [4.69, 9.17) is 4.42 Å². The second-order valence-electron chi connectivity index (χ2n) is 5.58. The first-order valence-electron chi connectivity index (χ1n) is 7.37. The minimum atomic E-state index is 0.211. The summed E-state index contributed by atoms with van der Waals surface area (Å²) < 4.78 is 5.31. The molecular weight excluding hydrogens is 254 g/mol. The van der Waals surface area contributed by atoms with Crippen LogP contribution in [0, 0.1) is 0 Å². The normalized spacial score (nSPS) is 18.2. The van der Waals surface area contributed by atoms with E-state index in [0.29, 0.717) is 12.6 Å². The molecule has 1 fully saturated rings. The molecule has 0 bridgehead atoms. The van der Waals surface area contributed by atoms with E-state index < -0.39 is 0 Å². The molecule has 1 aliphatic heterocycles. The van der Waals surface area contributed by atoms with E-state index in [1.165, 1.54) is 0 Å². The van der Waals surface area contributed by atoms with Crippen molar-refractivity contribution in [3.05, 3.63) is 24.2 Å². The molecule has 5 nitrogen and oxygen atoms in total. The van der Waals surface area contributed by atoms with Gasteiger partial charge >= 0.3 is 0 Å². The van der Waals surface area contributed by atoms with Crippen LogP contribution in [0.15, 0.2) is 22.8 Å². The molecule has 1 amide bonds. The number of rotatable bonds is 6. The Hall–Kier alpha value is -1.33. The van der Waals surface area contributed by atoms with Gasteiger partial charge < -0.3 is 19.5 Å². The Morgan fingerprint density at radius 1 is 1.40 bits per heavy atom. The molecule has 112 valence electrons. The van der Waals surface area contributed by atoms with Gasteiger partial charge in [-0.05, 0) is 32.5 Å². The molecule has 0 radical (unpaired) electrons. The van der Waals surface area contributed by atoms with Crippen LogP contribution in [0.4, 0.5) is 0 Å². The third-order valence-corrected chi connectivity index (χ3v) is 3.86. The highest BCUT2D eigenvalue weighted by Gasteiger charge is 2.18. The number of nitrogens with one attached hydrogen (secondary N) is 1. The van der Waals surface area contributed by atoms with Crippen molar-refractivity contribution in [2.75, 3.05) is 39.8 Å². The van der Waals surface area contributed by atoms with Crippen molar-refractivity contribution < 1.29 is 9.21 Å². The van der Waals surface area contributed by atoms with E-state index in [2.05, 4.69) is 24.2 Å². The van der Waals surface area contributed by atoms with Crippen LogP contribution in [0.5, 0.6) is 0 Å². The highest BCUT2D eigenvalue weighted by Crippen LogP contribution is 2.06. The van der Waals surface area contributed by atoms with Crippen molar-refractivity contribution in [1.82, 2.24) is 15.1 Å². The summed E-state index contributed by atoms with van der Waals surface area (Å²) in [5.74, 6) is 1.21. The molecule has 1 N–H and O–H groups in total. The van der Waals surface area contributed by atoms with Gasteiger partial charge in [0.2, 0.25) is 5.91 Å². The van der Waals surface area contributed by atoms with Crippen molar-refractivity contribution in [2.45, 2.75) is 25.8 Å². The van der Waals surface area contributed by atoms with Gasteiger partial charge in [0, 0.05) is 38.6 Å². The maximum Gasteiger partial charge on any atom is 0.236 e. The van der Waals surface area contributed by atoms with E-state index >= 15 is 0 Å². The SMILES string of the molecule is CC(CCc1ccco1)NCC(=O)N1CCN(C)CC1. The number of furan rings is 1. The van der Waals surface area contributed by atoms with Gasteiger partial charge in [0.25, 0.3) is 0 Å². The van der Waals surface area contributed by atoms with Gasteiger partial charge in [0.15, 0.2) is 0 Å². The Bertz CT molecular complexity index is 397. The molecule has 1 atom stereocenters. The summed E-state index contributed by atoms with van der Waals surface area (Å²) in [7, 11) is 2.09. The summed E-state index contributed by atoms with van der Waals surface area (Å²) >= 11 is 0. The molecule has 0 aromatic carbocycles. The first kappa shape index (κ1) is 15.1. The summed E-state index contributed by atoms with van der Waals surface area (Å²) in [5.41, 5.74) is 0. The lowest BCUT2D eigenvalue weighted by Gasteiger charge is -2.32. The number of piperazine rings is 1. The van der Waals surface area contributed by atoms with Gasteiger partial charge in [-0.1, -0.05) is 0 Å². The van der Waals surface area contributed by atoms with Gasteiger partial charge in [-0.3, -0.25) is 4.79 Å². The fraction of sp³-hybridized carbons (Fsp3) is 0.667. The lowest BCUT2D eigenvalue weighted by Crippen LogP contribution is -2.50. The van der Waals surface area contributed by atoms with Crippen molar-refractivity contribution >= 4 is 5.91 Å². The maximum absolute atomic E-state index is 12.1. The molecule has 5 heteroatoms. The number of likely N-dealkylation sites (N-methyl/N-ethyl adjacent to an activating group) is 1. The minimum Gasteiger partial charge on any atom is -0.469 e. The molecule has 1 unspecified atom stereocenters. The zero-order chi connectivity index (χ0) is 14.4. The summed E-state index contributed by atoms with van der Waals surface area (Å²) in [6, 6.07) is 4.21. The predicted octanol–water partition coefficient (Wildman–Crippen LogP) is 0.964. The van der Waals surface area contributed by atoms with Gasteiger partial charge in [-0.25, -0.2) is 0 Å². The standard InChI is InChI=1S/C15H25N3O2/c1-13(5-6-14-4-3-11-20-14)16-12-15(19)18-9-7-17(2)8-10-18/h3-4,11,13,16H,5-10,12H2,1-2H3. The molecule has 0 aliphatic carbocycles. The molecule has 2 rings (SSSR count). The fourth-order valence-corrected chi connectivity index (χ4v) is 2.34. The average Bonchev–Trinajstić information content (AvgIpc) is 2.96. The zero-order valence-corrected chi connectivity index (χ0v) is 12.5. The highest BCUT2D eigenvalue weighted by atomic mass is 16.3. The van der Waals surface area contributed by atoms with Crippen LogP contribution in [0.2, 0.25) is 0 Å². The second kappa shape index (κ2) is 7.45. The topological polar surface area (TPSA) is 48.7 Å². The van der Waals surface area contributed by atoms with Crippen molar-refractivity contribution in [1.29, 1.82) is 0 Å². The van der Waals surface area contributed by atoms with Crippen molar-refractivity contribution in [3.8, 4) is 0 Å². The van der Waals surface area contributed by atoms with Gasteiger partial charge in [-0.2, -0.15) is 0 Å². The van der Waals surface area contributed by atoms with Crippen LogP contribution in [0.3, 0.4) is 0 Å². The Balaban J connectivity index is 1.62. The lowest BCUT2D eigenvalue weighted by atomic mass is 10.1. The lowest BCUT2D eigenvalue weighted by molar-refractivity contribution is -0.131. The quantitative estimate of drug-likeness (QED) is 0.843. The van der Waals surface area contributed by atoms with E-state index in [1.54, 1.807) is 6.26 Å². The van der Waals surface area contributed by atoms with Crippen molar-refractivity contribution in [2.24, 2.45) is 0 Å². The van der Waals surface area contributed by atoms with Crippen LogP contribution in [-0.2, 0) is 11.2 Å². The summed E-state index contributed by atoms with van der Waals surface area (Å²) in [6.45, 7) is 6.18. The summed E-state index contributed by atoms with van der Waals surface area (Å²) in [4.78, 5) is 16.3. The first-order chi connectivity index (χ1) is 9.65. The van der Waals surface area contributed by atoms with E-state index in [-0.39, 0.29) is 5.91 Å². The number of carbonyl (C=O) groups excluding carboxylic acids is 1. The van der Waals surface area contributed by atoms with E-state index in [0.717, 1.165) is 44.8 Å². The Labute approximate surface area is 120 Å².